The van der Waals surface area contributed by atoms with Gasteiger partial charge in [0, 0.05) is 11.1 Å². The summed E-state index contributed by atoms with van der Waals surface area (Å²) in [5.41, 5.74) is 0.550. The van der Waals surface area contributed by atoms with Crippen molar-refractivity contribution in [1.82, 2.24) is 19.7 Å². The van der Waals surface area contributed by atoms with Crippen LogP contribution in [0.1, 0.15) is 12.8 Å². The molecule has 0 aliphatic carbocycles. The molecule has 4 rings (SSSR count). The number of rotatable bonds is 6. The van der Waals surface area contributed by atoms with Crippen LogP contribution in [0.5, 0.6) is 0 Å². The first-order chi connectivity index (χ1) is 13.1. The molecule has 1 atom stereocenters. The van der Waals surface area contributed by atoms with E-state index in [-0.39, 0.29) is 23.5 Å². The largest absolute Gasteiger partial charge is 0.376 e. The van der Waals surface area contributed by atoms with Gasteiger partial charge in [0.2, 0.25) is 5.91 Å². The molecule has 3 heterocycles. The van der Waals surface area contributed by atoms with Crippen LogP contribution < -0.4 is 11.0 Å². The lowest BCUT2D eigenvalue weighted by molar-refractivity contribution is -0.113. The Morgan fingerprint density at radius 3 is 3.22 bits per heavy atom. The first-order valence-corrected chi connectivity index (χ1v) is 10.9. The van der Waals surface area contributed by atoms with Gasteiger partial charge in [0.15, 0.2) is 10.3 Å². The van der Waals surface area contributed by atoms with Crippen molar-refractivity contribution in [3.63, 3.8) is 0 Å². The summed E-state index contributed by atoms with van der Waals surface area (Å²) in [6.07, 6.45) is 1.95. The number of aromatic nitrogens is 4. The van der Waals surface area contributed by atoms with E-state index in [0.29, 0.717) is 16.8 Å². The number of aromatic amines is 1. The number of carbonyl (C=O) groups is 1. The van der Waals surface area contributed by atoms with Crippen molar-refractivity contribution in [3.8, 4) is 0 Å². The Kier molecular flexibility index (Phi) is 5.62. The molecule has 0 spiro atoms. The van der Waals surface area contributed by atoms with E-state index in [1.807, 2.05) is 18.2 Å². The minimum atomic E-state index is -0.287. The lowest BCUT2D eigenvalue weighted by Crippen LogP contribution is -2.25. The molecule has 1 aliphatic rings. The highest BCUT2D eigenvalue weighted by Gasteiger charge is 2.20. The van der Waals surface area contributed by atoms with Gasteiger partial charge in [-0.05, 0) is 31.0 Å². The fourth-order valence-electron chi connectivity index (χ4n) is 2.80. The van der Waals surface area contributed by atoms with Crippen LogP contribution in [0.2, 0.25) is 0 Å². The molecule has 2 aromatic heterocycles. The van der Waals surface area contributed by atoms with Crippen molar-refractivity contribution in [1.29, 1.82) is 0 Å². The van der Waals surface area contributed by atoms with Crippen LogP contribution in [-0.4, -0.2) is 44.1 Å². The highest BCUT2D eigenvalue weighted by molar-refractivity contribution is 9.10. The smallest absolute Gasteiger partial charge is 0.344 e. The second kappa shape index (κ2) is 8.13. The van der Waals surface area contributed by atoms with E-state index in [1.54, 1.807) is 0 Å². The van der Waals surface area contributed by atoms with E-state index in [4.69, 9.17) is 4.74 Å². The summed E-state index contributed by atoms with van der Waals surface area (Å²) in [6.45, 7) is 1.17. The van der Waals surface area contributed by atoms with E-state index in [9.17, 15) is 9.59 Å². The number of thioether (sulfide) groups is 1. The predicted molar refractivity (Wildman–Crippen MR) is 108 cm³/mol. The first-order valence-electron chi connectivity index (χ1n) is 8.34. The molecule has 0 unspecified atom stereocenters. The minimum absolute atomic E-state index is 0.0237. The molecule has 0 saturated carbocycles. The highest BCUT2D eigenvalue weighted by Crippen LogP contribution is 2.28. The maximum Gasteiger partial charge on any atom is 0.344 e. The third kappa shape index (κ3) is 4.42. The Morgan fingerprint density at radius 1 is 1.52 bits per heavy atom. The number of benzene rings is 1. The number of hydrogen-bond acceptors (Lipinski definition) is 7. The monoisotopic (exact) mass is 469 g/mol. The van der Waals surface area contributed by atoms with Gasteiger partial charge in [0.1, 0.15) is 0 Å². The zero-order valence-electron chi connectivity index (χ0n) is 14.1. The van der Waals surface area contributed by atoms with Gasteiger partial charge in [-0.1, -0.05) is 39.0 Å². The van der Waals surface area contributed by atoms with E-state index in [0.717, 1.165) is 34.1 Å². The van der Waals surface area contributed by atoms with Gasteiger partial charge >= 0.3 is 5.69 Å². The molecule has 1 aromatic carbocycles. The van der Waals surface area contributed by atoms with Gasteiger partial charge in [0.05, 0.1) is 28.6 Å². The normalized spacial score (nSPS) is 16.9. The fourth-order valence-corrected chi connectivity index (χ4v) is 4.99. The van der Waals surface area contributed by atoms with Crippen molar-refractivity contribution in [2.75, 3.05) is 17.7 Å². The zero-order valence-corrected chi connectivity index (χ0v) is 17.3. The minimum Gasteiger partial charge on any atom is -0.376 e. The number of carbonyl (C=O) groups excluding carboxylic acids is 1. The summed E-state index contributed by atoms with van der Waals surface area (Å²) in [7, 11) is 0. The Labute approximate surface area is 170 Å². The molecular formula is C16H16BrN5O3S2. The van der Waals surface area contributed by atoms with Gasteiger partial charge in [-0.3, -0.25) is 9.36 Å². The summed E-state index contributed by atoms with van der Waals surface area (Å²) < 4.78 is 9.07. The van der Waals surface area contributed by atoms with Crippen LogP contribution in [0.15, 0.2) is 32.6 Å². The molecule has 11 heteroatoms. The maximum atomic E-state index is 12.3. The second-order valence-electron chi connectivity index (χ2n) is 6.02. The number of hydrogen-bond donors (Lipinski definition) is 2. The average molecular weight is 470 g/mol. The first kappa shape index (κ1) is 18.7. The predicted octanol–water partition coefficient (Wildman–Crippen LogP) is 2.85. The molecule has 3 aromatic rings. The third-order valence-corrected chi connectivity index (χ3v) is 6.47. The van der Waals surface area contributed by atoms with Gasteiger partial charge in [-0.15, -0.1) is 5.10 Å². The van der Waals surface area contributed by atoms with Crippen molar-refractivity contribution in [2.45, 2.75) is 30.6 Å². The zero-order chi connectivity index (χ0) is 18.8. The summed E-state index contributed by atoms with van der Waals surface area (Å²) in [4.78, 5) is 28.6. The van der Waals surface area contributed by atoms with E-state index >= 15 is 0 Å². The summed E-state index contributed by atoms with van der Waals surface area (Å²) in [6, 6.07) is 5.77. The number of H-pyrrole nitrogens is 1. The highest BCUT2D eigenvalue weighted by atomic mass is 79.9. The molecule has 8 nitrogen and oxygen atoms in total. The second-order valence-corrected chi connectivity index (χ2v) is 8.91. The van der Waals surface area contributed by atoms with Crippen LogP contribution >= 0.6 is 39.0 Å². The molecule has 2 N–H and O–H groups in total. The number of anilines is 1. The summed E-state index contributed by atoms with van der Waals surface area (Å²) in [5.74, 6) is -0.0626. The quantitative estimate of drug-likeness (QED) is 0.538. The average Bonchev–Trinajstić information content (AvgIpc) is 3.35. The van der Waals surface area contributed by atoms with Crippen molar-refractivity contribution in [2.24, 2.45) is 0 Å². The van der Waals surface area contributed by atoms with Crippen molar-refractivity contribution >= 4 is 60.3 Å². The molecule has 1 saturated heterocycles. The number of thiazole rings is 1. The number of halogens is 1. The molecular weight excluding hydrogens is 454 g/mol. The van der Waals surface area contributed by atoms with Gasteiger partial charge < -0.3 is 10.1 Å². The Hall–Kier alpha value is -1.69. The van der Waals surface area contributed by atoms with E-state index in [1.165, 1.54) is 27.7 Å². The molecule has 1 aliphatic heterocycles. The number of nitrogens with zero attached hydrogens (tertiary/aromatic N) is 3. The molecule has 1 amide bonds. The number of amides is 1. The number of nitrogens with one attached hydrogen (secondary N) is 2. The Bertz CT molecular complexity index is 1020. The lowest BCUT2D eigenvalue weighted by Gasteiger charge is -2.10. The molecule has 0 radical (unpaired) electrons. The van der Waals surface area contributed by atoms with Crippen LogP contribution in [-0.2, 0) is 16.1 Å². The number of ether oxygens (including phenoxy) is 1. The van der Waals surface area contributed by atoms with Crippen LogP contribution in [0, 0.1) is 0 Å². The number of fused-ring (bicyclic) bond motifs is 1. The van der Waals surface area contributed by atoms with Crippen LogP contribution in [0.4, 0.5) is 5.13 Å². The maximum absolute atomic E-state index is 12.3. The Balaban J connectivity index is 1.38. The molecule has 142 valence electrons. The van der Waals surface area contributed by atoms with Gasteiger partial charge in [0.25, 0.3) is 0 Å². The summed E-state index contributed by atoms with van der Waals surface area (Å²) >= 11 is 6.05. The lowest BCUT2D eigenvalue weighted by atomic mass is 10.2. The molecule has 1 fully saturated rings. The molecule has 27 heavy (non-hydrogen) atoms. The Morgan fingerprint density at radius 2 is 2.41 bits per heavy atom. The third-order valence-electron chi connectivity index (χ3n) is 4.06. The SMILES string of the molecule is O=C(CSc1n[nH]c(=O)n1C[C@@H]1CCCO1)Nc1nc2ccc(Br)cc2s1. The van der Waals surface area contributed by atoms with Crippen molar-refractivity contribution in [3.05, 3.63) is 33.2 Å². The van der Waals surface area contributed by atoms with Crippen molar-refractivity contribution < 1.29 is 9.53 Å². The standard InChI is InChI=1S/C16H16BrN5O3S2/c17-9-3-4-11-12(6-9)27-14(18-11)19-13(23)8-26-16-21-20-15(24)22(16)7-10-2-1-5-25-10/h3-4,6,10H,1-2,5,7-8H2,(H,20,24)(H,18,19,23)/t10-/m0/s1. The van der Waals surface area contributed by atoms with Crippen LogP contribution in [0.3, 0.4) is 0 Å². The van der Waals surface area contributed by atoms with Gasteiger partial charge in [-0.2, -0.15) is 0 Å². The summed E-state index contributed by atoms with van der Waals surface area (Å²) in [5, 5.41) is 10.3. The van der Waals surface area contributed by atoms with Gasteiger partial charge in [-0.25, -0.2) is 14.9 Å². The fraction of sp³-hybridized carbons (Fsp3) is 0.375. The molecule has 0 bridgehead atoms. The topological polar surface area (TPSA) is 102 Å². The van der Waals surface area contributed by atoms with E-state index in [2.05, 4.69) is 36.4 Å². The van der Waals surface area contributed by atoms with E-state index < -0.39 is 0 Å². The van der Waals surface area contributed by atoms with Crippen LogP contribution in [0.25, 0.3) is 10.2 Å².